The number of piperidine rings is 1. The van der Waals surface area contributed by atoms with E-state index in [2.05, 4.69) is 5.32 Å². The van der Waals surface area contributed by atoms with Gasteiger partial charge in [-0.15, -0.1) is 0 Å². The Kier molecular flexibility index (Phi) is 1.28. The highest BCUT2D eigenvalue weighted by Crippen LogP contribution is 1.96. The van der Waals surface area contributed by atoms with Gasteiger partial charge in [-0.3, -0.25) is 9.59 Å². The van der Waals surface area contributed by atoms with Crippen LogP contribution in [0.1, 0.15) is 12.8 Å². The molecule has 0 aliphatic carbocycles. The number of rotatable bonds is 0. The molecule has 0 spiro atoms. The molecule has 0 aromatic rings. The van der Waals surface area contributed by atoms with Gasteiger partial charge in [-0.1, -0.05) is 0 Å². The van der Waals surface area contributed by atoms with E-state index in [0.717, 1.165) is 0 Å². The lowest BCUT2D eigenvalue weighted by Crippen LogP contribution is -2.28. The van der Waals surface area contributed by atoms with Gasteiger partial charge >= 0.3 is 0 Å². The summed E-state index contributed by atoms with van der Waals surface area (Å²) in [6, 6.07) is 0. The lowest BCUT2D eigenvalue weighted by molar-refractivity contribution is -0.130. The maximum Gasteiger partial charge on any atom is 0.242 e. The molecule has 3 heteroatoms. The normalized spacial score (nSPS) is 20.5. The summed E-state index contributed by atoms with van der Waals surface area (Å²) < 4.78 is 0. The Labute approximate surface area is 47.1 Å². The fourth-order valence-electron chi connectivity index (χ4n) is 0.581. The number of hydrogen-bond donors (Lipinski definition) is 0. The van der Waals surface area contributed by atoms with E-state index in [4.69, 9.17) is 0 Å². The number of Topliss-reactive ketones (excluding diaryl/α,β-unsaturated/α-hetero) is 1. The van der Waals surface area contributed by atoms with Crippen LogP contribution in [-0.2, 0) is 9.59 Å². The number of hydrogen-bond acceptors (Lipinski definition) is 2. The summed E-state index contributed by atoms with van der Waals surface area (Å²) >= 11 is 0. The quantitative estimate of drug-likeness (QED) is 0.423. The standard InChI is InChI=1S/C5H6NO2/c7-4-1-2-5(8)6-3-4/h1-3H2. The first-order chi connectivity index (χ1) is 3.79. The van der Waals surface area contributed by atoms with E-state index >= 15 is 0 Å². The second kappa shape index (κ2) is 1.94. The fourth-order valence-corrected chi connectivity index (χ4v) is 0.581. The van der Waals surface area contributed by atoms with Crippen LogP contribution in [0.5, 0.6) is 0 Å². The van der Waals surface area contributed by atoms with Gasteiger partial charge in [0, 0.05) is 12.8 Å². The minimum absolute atomic E-state index is 0.0737. The van der Waals surface area contributed by atoms with Crippen molar-refractivity contribution in [3.8, 4) is 0 Å². The minimum Gasteiger partial charge on any atom is -0.298 e. The van der Waals surface area contributed by atoms with Crippen LogP contribution in [0.2, 0.25) is 0 Å². The van der Waals surface area contributed by atoms with Gasteiger partial charge in [-0.25, -0.2) is 5.32 Å². The topological polar surface area (TPSA) is 48.2 Å². The van der Waals surface area contributed by atoms with Gasteiger partial charge in [0.05, 0.1) is 0 Å². The number of ketones is 1. The van der Waals surface area contributed by atoms with E-state index in [1.807, 2.05) is 0 Å². The van der Waals surface area contributed by atoms with Crippen LogP contribution in [0.25, 0.3) is 0 Å². The molecule has 1 amide bonds. The van der Waals surface area contributed by atoms with Gasteiger partial charge in [0.15, 0.2) is 5.78 Å². The third-order valence-corrected chi connectivity index (χ3v) is 1.05. The summed E-state index contributed by atoms with van der Waals surface area (Å²) in [5.41, 5.74) is 0. The first kappa shape index (κ1) is 5.28. The molecule has 8 heavy (non-hydrogen) atoms. The third-order valence-electron chi connectivity index (χ3n) is 1.05. The summed E-state index contributed by atoms with van der Waals surface area (Å²) in [7, 11) is 0. The first-order valence-corrected chi connectivity index (χ1v) is 2.51. The van der Waals surface area contributed by atoms with Crippen LogP contribution < -0.4 is 5.32 Å². The lowest BCUT2D eigenvalue weighted by Gasteiger charge is -2.05. The Morgan fingerprint density at radius 2 is 2.00 bits per heavy atom. The van der Waals surface area contributed by atoms with Crippen molar-refractivity contribution in [2.75, 3.05) is 6.54 Å². The van der Waals surface area contributed by atoms with E-state index < -0.39 is 0 Å². The van der Waals surface area contributed by atoms with E-state index in [0.29, 0.717) is 12.8 Å². The van der Waals surface area contributed by atoms with Crippen LogP contribution >= 0.6 is 0 Å². The van der Waals surface area contributed by atoms with E-state index in [1.54, 1.807) is 0 Å². The van der Waals surface area contributed by atoms with E-state index in [-0.39, 0.29) is 18.2 Å². The lowest BCUT2D eigenvalue weighted by atomic mass is 10.1. The fraction of sp³-hybridized carbons (Fsp3) is 0.600. The highest BCUT2D eigenvalue weighted by molar-refractivity contribution is 5.92. The predicted molar refractivity (Wildman–Crippen MR) is 26.2 cm³/mol. The zero-order chi connectivity index (χ0) is 5.98. The van der Waals surface area contributed by atoms with Crippen LogP contribution in [0.15, 0.2) is 0 Å². The molecule has 0 bridgehead atoms. The molecule has 1 radical (unpaired) electrons. The zero-order valence-corrected chi connectivity index (χ0v) is 4.39. The van der Waals surface area contributed by atoms with E-state index in [9.17, 15) is 9.59 Å². The van der Waals surface area contributed by atoms with Crippen molar-refractivity contribution < 1.29 is 9.59 Å². The Hall–Kier alpha value is -0.860. The molecule has 43 valence electrons. The zero-order valence-electron chi connectivity index (χ0n) is 4.39. The monoisotopic (exact) mass is 112 g/mol. The third kappa shape index (κ3) is 1.05. The van der Waals surface area contributed by atoms with Crippen molar-refractivity contribution in [2.24, 2.45) is 0 Å². The molecule has 1 aliphatic heterocycles. The number of nitrogens with zero attached hydrogens (tertiary/aromatic N) is 1. The second-order valence-electron chi connectivity index (χ2n) is 1.75. The highest BCUT2D eigenvalue weighted by atomic mass is 16.2. The number of carbonyl (C=O) groups excluding carboxylic acids is 2. The van der Waals surface area contributed by atoms with Crippen molar-refractivity contribution in [3.63, 3.8) is 0 Å². The minimum atomic E-state index is -0.135. The molecule has 1 fully saturated rings. The van der Waals surface area contributed by atoms with Gasteiger partial charge in [0.2, 0.25) is 5.91 Å². The summed E-state index contributed by atoms with van der Waals surface area (Å²) in [6.07, 6.45) is 0.709. The van der Waals surface area contributed by atoms with Gasteiger partial charge in [0.25, 0.3) is 0 Å². The van der Waals surface area contributed by atoms with Gasteiger partial charge in [-0.2, -0.15) is 0 Å². The smallest absolute Gasteiger partial charge is 0.242 e. The van der Waals surface area contributed by atoms with Crippen LogP contribution in [0.4, 0.5) is 0 Å². The van der Waals surface area contributed by atoms with Gasteiger partial charge in [-0.05, 0) is 0 Å². The molecule has 1 aliphatic rings. The second-order valence-corrected chi connectivity index (χ2v) is 1.75. The van der Waals surface area contributed by atoms with Crippen molar-refractivity contribution in [2.45, 2.75) is 12.8 Å². The SMILES string of the molecule is O=C1CCC(=O)[N]C1. The van der Waals surface area contributed by atoms with Crippen LogP contribution in [0.3, 0.4) is 0 Å². The molecule has 1 saturated heterocycles. The average molecular weight is 112 g/mol. The highest BCUT2D eigenvalue weighted by Gasteiger charge is 2.14. The average Bonchev–Trinajstić information content (AvgIpc) is 1.77. The van der Waals surface area contributed by atoms with Crippen molar-refractivity contribution in [1.82, 2.24) is 5.32 Å². The summed E-state index contributed by atoms with van der Waals surface area (Å²) in [4.78, 5) is 20.7. The summed E-state index contributed by atoms with van der Waals surface area (Å²) in [5.74, 6) is -0.0609. The molecule has 1 rings (SSSR count). The van der Waals surface area contributed by atoms with Crippen LogP contribution in [0, 0.1) is 0 Å². The molecule has 0 saturated carbocycles. The molecule has 0 aromatic carbocycles. The molecule has 0 aromatic heterocycles. The summed E-state index contributed by atoms with van der Waals surface area (Å²) in [6.45, 7) is 0.110. The Morgan fingerprint density at radius 3 is 2.38 bits per heavy atom. The summed E-state index contributed by atoms with van der Waals surface area (Å²) in [5, 5.41) is 3.42. The molecular weight excluding hydrogens is 106 g/mol. The number of carbonyl (C=O) groups is 2. The van der Waals surface area contributed by atoms with Gasteiger partial charge < -0.3 is 0 Å². The molecule has 3 nitrogen and oxygen atoms in total. The van der Waals surface area contributed by atoms with E-state index in [1.165, 1.54) is 0 Å². The molecule has 0 atom stereocenters. The van der Waals surface area contributed by atoms with Crippen molar-refractivity contribution in [3.05, 3.63) is 0 Å². The van der Waals surface area contributed by atoms with Crippen molar-refractivity contribution in [1.29, 1.82) is 0 Å². The predicted octanol–water partition coefficient (Wildman–Crippen LogP) is -0.520. The first-order valence-electron chi connectivity index (χ1n) is 2.51. The maximum atomic E-state index is 10.4. The molecule has 0 N–H and O–H groups in total. The Morgan fingerprint density at radius 1 is 1.25 bits per heavy atom. The Balaban J connectivity index is 2.40. The van der Waals surface area contributed by atoms with Crippen LogP contribution in [-0.4, -0.2) is 18.2 Å². The molecule has 0 unspecified atom stereocenters. The van der Waals surface area contributed by atoms with Crippen molar-refractivity contribution >= 4 is 11.7 Å². The largest absolute Gasteiger partial charge is 0.298 e. The maximum absolute atomic E-state index is 10.4. The van der Waals surface area contributed by atoms with Gasteiger partial charge in [0.1, 0.15) is 6.54 Å². The number of amides is 1. The molecular formula is C5H6NO2. The Bertz CT molecular complexity index is 102. The molecule has 1 heterocycles.